The zero-order valence-electron chi connectivity index (χ0n) is 11.5. The second-order valence-electron chi connectivity index (χ2n) is 5.10. The first-order valence-corrected chi connectivity index (χ1v) is 6.80. The number of nitrogens with zero attached hydrogens (tertiary/aromatic N) is 1. The molecule has 2 nitrogen and oxygen atoms in total. The zero-order valence-corrected chi connectivity index (χ0v) is 11.5. The van der Waals surface area contributed by atoms with Gasteiger partial charge in [0.2, 0.25) is 0 Å². The molecule has 0 aliphatic heterocycles. The summed E-state index contributed by atoms with van der Waals surface area (Å²) in [4.78, 5) is 4.46. The Bertz CT molecular complexity index is 519. The van der Waals surface area contributed by atoms with Crippen molar-refractivity contribution in [2.75, 3.05) is 11.9 Å². The van der Waals surface area contributed by atoms with Gasteiger partial charge in [0.15, 0.2) is 0 Å². The lowest BCUT2D eigenvalue weighted by Crippen LogP contribution is -2.11. The van der Waals surface area contributed by atoms with E-state index in [2.05, 4.69) is 49.3 Å². The fourth-order valence-corrected chi connectivity index (χ4v) is 2.35. The van der Waals surface area contributed by atoms with E-state index in [0.717, 1.165) is 12.1 Å². The SMILES string of the molecule is CCCC(C)CNc1ccc(C)c2ncccc12. The fraction of sp³-hybridized carbons (Fsp3) is 0.438. The maximum atomic E-state index is 4.46. The van der Waals surface area contributed by atoms with Crippen LogP contribution < -0.4 is 5.32 Å². The van der Waals surface area contributed by atoms with Crippen LogP contribution >= 0.6 is 0 Å². The minimum atomic E-state index is 0.711. The van der Waals surface area contributed by atoms with E-state index in [1.807, 2.05) is 12.3 Å². The summed E-state index contributed by atoms with van der Waals surface area (Å²) in [5, 5.41) is 4.78. The van der Waals surface area contributed by atoms with Crippen molar-refractivity contribution in [1.82, 2.24) is 4.98 Å². The van der Waals surface area contributed by atoms with Gasteiger partial charge in [-0.25, -0.2) is 0 Å². The summed E-state index contributed by atoms with van der Waals surface area (Å²) < 4.78 is 0. The van der Waals surface area contributed by atoms with Crippen LogP contribution in [0.2, 0.25) is 0 Å². The Hall–Kier alpha value is -1.57. The first-order chi connectivity index (χ1) is 8.72. The molecule has 1 aromatic heterocycles. The van der Waals surface area contributed by atoms with Gasteiger partial charge in [0, 0.05) is 23.8 Å². The molecule has 0 aliphatic carbocycles. The number of fused-ring (bicyclic) bond motifs is 1. The molecular formula is C16H22N2. The molecule has 0 aliphatic rings. The summed E-state index contributed by atoms with van der Waals surface area (Å²) in [5.74, 6) is 0.711. The van der Waals surface area contributed by atoms with E-state index in [4.69, 9.17) is 0 Å². The normalized spacial score (nSPS) is 12.6. The lowest BCUT2D eigenvalue weighted by Gasteiger charge is -2.14. The van der Waals surface area contributed by atoms with Gasteiger partial charge < -0.3 is 5.32 Å². The third-order valence-corrected chi connectivity index (χ3v) is 3.39. The van der Waals surface area contributed by atoms with Crippen LogP contribution in [0.1, 0.15) is 32.3 Å². The molecule has 2 aromatic rings. The van der Waals surface area contributed by atoms with Gasteiger partial charge >= 0.3 is 0 Å². The molecular weight excluding hydrogens is 220 g/mol. The number of nitrogens with one attached hydrogen (secondary N) is 1. The molecule has 0 radical (unpaired) electrons. The predicted molar refractivity (Wildman–Crippen MR) is 79.0 cm³/mol. The number of pyridine rings is 1. The van der Waals surface area contributed by atoms with Crippen LogP contribution in [-0.4, -0.2) is 11.5 Å². The smallest absolute Gasteiger partial charge is 0.0751 e. The Kier molecular flexibility index (Phi) is 4.19. The maximum absolute atomic E-state index is 4.46. The highest BCUT2D eigenvalue weighted by molar-refractivity contribution is 5.93. The van der Waals surface area contributed by atoms with Gasteiger partial charge in [-0.2, -0.15) is 0 Å². The van der Waals surface area contributed by atoms with Crippen LogP contribution in [0.25, 0.3) is 10.9 Å². The number of benzene rings is 1. The largest absolute Gasteiger partial charge is 0.384 e. The number of rotatable bonds is 5. The molecule has 2 rings (SSSR count). The molecule has 1 unspecified atom stereocenters. The van der Waals surface area contributed by atoms with E-state index < -0.39 is 0 Å². The van der Waals surface area contributed by atoms with Crippen LogP contribution in [0.4, 0.5) is 5.69 Å². The molecule has 0 amide bonds. The second kappa shape index (κ2) is 5.85. The summed E-state index contributed by atoms with van der Waals surface area (Å²) in [6.45, 7) is 7.67. The van der Waals surface area contributed by atoms with Gasteiger partial charge in [0.05, 0.1) is 5.52 Å². The molecule has 1 heterocycles. The molecule has 1 N–H and O–H groups in total. The summed E-state index contributed by atoms with van der Waals surface area (Å²) in [6.07, 6.45) is 4.38. The molecule has 96 valence electrons. The van der Waals surface area contributed by atoms with Crippen LogP contribution in [0, 0.1) is 12.8 Å². The minimum absolute atomic E-state index is 0.711. The quantitative estimate of drug-likeness (QED) is 0.841. The number of aromatic nitrogens is 1. The molecule has 2 heteroatoms. The van der Waals surface area contributed by atoms with Gasteiger partial charge in [-0.15, -0.1) is 0 Å². The first-order valence-electron chi connectivity index (χ1n) is 6.80. The summed E-state index contributed by atoms with van der Waals surface area (Å²) in [6, 6.07) is 8.45. The highest BCUT2D eigenvalue weighted by Gasteiger charge is 2.05. The third-order valence-electron chi connectivity index (χ3n) is 3.39. The van der Waals surface area contributed by atoms with Gasteiger partial charge in [0.1, 0.15) is 0 Å². The second-order valence-corrected chi connectivity index (χ2v) is 5.10. The van der Waals surface area contributed by atoms with Crippen molar-refractivity contribution in [2.24, 2.45) is 5.92 Å². The van der Waals surface area contributed by atoms with Gasteiger partial charge in [-0.05, 0) is 43.0 Å². The van der Waals surface area contributed by atoms with Crippen LogP contribution in [-0.2, 0) is 0 Å². The van der Waals surface area contributed by atoms with Crippen molar-refractivity contribution in [1.29, 1.82) is 0 Å². The third kappa shape index (κ3) is 2.81. The highest BCUT2D eigenvalue weighted by Crippen LogP contribution is 2.24. The molecule has 0 fully saturated rings. The minimum Gasteiger partial charge on any atom is -0.384 e. The average Bonchev–Trinajstić information content (AvgIpc) is 2.39. The molecule has 1 aromatic carbocycles. The zero-order chi connectivity index (χ0) is 13.0. The Morgan fingerprint density at radius 3 is 2.89 bits per heavy atom. The Balaban J connectivity index is 2.21. The fourth-order valence-electron chi connectivity index (χ4n) is 2.35. The molecule has 0 bridgehead atoms. The molecule has 18 heavy (non-hydrogen) atoms. The van der Waals surface area contributed by atoms with E-state index in [-0.39, 0.29) is 0 Å². The molecule has 1 atom stereocenters. The van der Waals surface area contributed by atoms with Crippen LogP contribution in [0.3, 0.4) is 0 Å². The van der Waals surface area contributed by atoms with Crippen LogP contribution in [0.15, 0.2) is 30.5 Å². The highest BCUT2D eigenvalue weighted by atomic mass is 14.9. The van der Waals surface area contributed by atoms with E-state index in [0.29, 0.717) is 5.92 Å². The maximum Gasteiger partial charge on any atom is 0.0751 e. The predicted octanol–water partition coefficient (Wildman–Crippen LogP) is 4.39. The van der Waals surface area contributed by atoms with E-state index in [9.17, 15) is 0 Å². The number of aryl methyl sites for hydroxylation is 1. The molecule has 0 spiro atoms. The van der Waals surface area contributed by atoms with Crippen molar-refractivity contribution < 1.29 is 0 Å². The molecule has 0 saturated heterocycles. The van der Waals surface area contributed by atoms with Crippen molar-refractivity contribution in [3.8, 4) is 0 Å². The lowest BCUT2D eigenvalue weighted by atomic mass is 10.1. The first kappa shape index (κ1) is 12.9. The molecule has 0 saturated carbocycles. The topological polar surface area (TPSA) is 24.9 Å². The van der Waals surface area contributed by atoms with Gasteiger partial charge in [0.25, 0.3) is 0 Å². The van der Waals surface area contributed by atoms with Gasteiger partial charge in [-0.3, -0.25) is 4.98 Å². The van der Waals surface area contributed by atoms with Gasteiger partial charge in [-0.1, -0.05) is 26.3 Å². The van der Waals surface area contributed by atoms with E-state index in [1.165, 1.54) is 29.5 Å². The summed E-state index contributed by atoms with van der Waals surface area (Å²) >= 11 is 0. The Labute approximate surface area is 109 Å². The summed E-state index contributed by atoms with van der Waals surface area (Å²) in [7, 11) is 0. The Morgan fingerprint density at radius 1 is 1.28 bits per heavy atom. The van der Waals surface area contributed by atoms with Crippen molar-refractivity contribution in [3.05, 3.63) is 36.0 Å². The van der Waals surface area contributed by atoms with E-state index in [1.54, 1.807) is 0 Å². The van der Waals surface area contributed by atoms with E-state index >= 15 is 0 Å². The van der Waals surface area contributed by atoms with Crippen molar-refractivity contribution in [2.45, 2.75) is 33.6 Å². The monoisotopic (exact) mass is 242 g/mol. The van der Waals surface area contributed by atoms with Crippen molar-refractivity contribution in [3.63, 3.8) is 0 Å². The number of hydrogen-bond acceptors (Lipinski definition) is 2. The average molecular weight is 242 g/mol. The Morgan fingerprint density at radius 2 is 2.11 bits per heavy atom. The van der Waals surface area contributed by atoms with Crippen molar-refractivity contribution >= 4 is 16.6 Å². The summed E-state index contributed by atoms with van der Waals surface area (Å²) in [5.41, 5.74) is 3.54. The standard InChI is InChI=1S/C16H22N2/c1-4-6-12(2)11-18-15-9-8-13(3)16-14(15)7-5-10-17-16/h5,7-10,12,18H,4,6,11H2,1-3H3. The van der Waals surface area contributed by atoms with Crippen LogP contribution in [0.5, 0.6) is 0 Å². The number of anilines is 1. The lowest BCUT2D eigenvalue weighted by molar-refractivity contribution is 0.551. The number of hydrogen-bond donors (Lipinski definition) is 1.